The highest BCUT2D eigenvalue weighted by Gasteiger charge is 2.34. The van der Waals surface area contributed by atoms with Crippen molar-refractivity contribution in [1.82, 2.24) is 15.5 Å². The number of thiophene rings is 1. The Morgan fingerprint density at radius 3 is 2.28 bits per heavy atom. The highest BCUT2D eigenvalue weighted by Crippen LogP contribution is 2.23. The zero-order valence-corrected chi connectivity index (χ0v) is 19.1. The minimum absolute atomic E-state index is 0.0152. The van der Waals surface area contributed by atoms with Crippen LogP contribution in [-0.4, -0.2) is 47.8 Å². The maximum Gasteiger partial charge on any atom is 0.262 e. The van der Waals surface area contributed by atoms with Crippen molar-refractivity contribution in [3.63, 3.8) is 0 Å². The zero-order valence-electron chi connectivity index (χ0n) is 18.2. The Morgan fingerprint density at radius 2 is 1.76 bits per heavy atom. The molecule has 162 valence electrons. The van der Waals surface area contributed by atoms with Gasteiger partial charge in [0.2, 0.25) is 11.8 Å². The second-order valence-corrected chi connectivity index (χ2v) is 9.73. The van der Waals surface area contributed by atoms with Crippen molar-refractivity contribution < 1.29 is 14.4 Å². The number of hydrogen-bond acceptors (Lipinski definition) is 4. The molecule has 2 N–H and O–H groups in total. The molecule has 1 saturated heterocycles. The number of nitrogens with zero attached hydrogens (tertiary/aromatic N) is 1. The molecule has 7 heteroatoms. The third kappa shape index (κ3) is 6.84. The maximum atomic E-state index is 13.0. The van der Waals surface area contributed by atoms with Crippen LogP contribution in [0.25, 0.3) is 0 Å². The molecule has 2 heterocycles. The standard InChI is InChI=1S/C22H35N3O3S/c1-14(2)13-19(26)25-10-8-17(9-11-25)20(22(28)23-16(5)15(3)4)24-21(27)18-7-6-12-29-18/h6-7,12,14-17,20H,8-11,13H2,1-5H3,(H,23,28)(H,24,27)/t16-,20-/m1/s1. The predicted molar refractivity (Wildman–Crippen MR) is 117 cm³/mol. The highest BCUT2D eigenvalue weighted by atomic mass is 32.1. The molecular weight excluding hydrogens is 386 g/mol. The van der Waals surface area contributed by atoms with E-state index in [1.54, 1.807) is 6.07 Å². The summed E-state index contributed by atoms with van der Waals surface area (Å²) in [7, 11) is 0. The van der Waals surface area contributed by atoms with E-state index < -0.39 is 6.04 Å². The number of hydrogen-bond donors (Lipinski definition) is 2. The molecule has 3 amide bonds. The fourth-order valence-electron chi connectivity index (χ4n) is 3.46. The molecule has 0 saturated carbocycles. The molecule has 0 radical (unpaired) electrons. The lowest BCUT2D eigenvalue weighted by Crippen LogP contribution is -2.55. The molecule has 1 aliphatic rings. The minimum Gasteiger partial charge on any atom is -0.352 e. The fourth-order valence-corrected chi connectivity index (χ4v) is 4.09. The first-order valence-electron chi connectivity index (χ1n) is 10.6. The second kappa shape index (κ2) is 10.8. The largest absolute Gasteiger partial charge is 0.352 e. The van der Waals surface area contributed by atoms with Crippen LogP contribution in [0.1, 0.15) is 63.6 Å². The van der Waals surface area contributed by atoms with Gasteiger partial charge >= 0.3 is 0 Å². The smallest absolute Gasteiger partial charge is 0.262 e. The van der Waals surface area contributed by atoms with E-state index in [0.717, 1.165) is 0 Å². The molecular formula is C22H35N3O3S. The molecule has 0 spiro atoms. The quantitative estimate of drug-likeness (QED) is 0.676. The van der Waals surface area contributed by atoms with Crippen molar-refractivity contribution in [3.8, 4) is 0 Å². The number of amides is 3. The monoisotopic (exact) mass is 421 g/mol. The van der Waals surface area contributed by atoms with E-state index in [0.29, 0.717) is 49.1 Å². The molecule has 1 fully saturated rings. The Balaban J connectivity index is 2.06. The molecule has 1 aromatic rings. The molecule has 0 aliphatic carbocycles. The normalized spacial score (nSPS) is 17.3. The van der Waals surface area contributed by atoms with Crippen LogP contribution < -0.4 is 10.6 Å². The Morgan fingerprint density at radius 1 is 1.10 bits per heavy atom. The Labute approximate surface area is 178 Å². The number of piperidine rings is 1. The van der Waals surface area contributed by atoms with Crippen LogP contribution in [0.5, 0.6) is 0 Å². The van der Waals surface area contributed by atoms with Crippen LogP contribution in [0.3, 0.4) is 0 Å². The van der Waals surface area contributed by atoms with Crippen molar-refractivity contribution in [2.75, 3.05) is 13.1 Å². The molecule has 1 aromatic heterocycles. The van der Waals surface area contributed by atoms with Crippen molar-refractivity contribution in [3.05, 3.63) is 22.4 Å². The molecule has 0 aromatic carbocycles. The predicted octanol–water partition coefficient (Wildman–Crippen LogP) is 3.29. The van der Waals surface area contributed by atoms with Crippen molar-refractivity contribution in [1.29, 1.82) is 0 Å². The topological polar surface area (TPSA) is 78.5 Å². The van der Waals surface area contributed by atoms with E-state index in [2.05, 4.69) is 24.5 Å². The van der Waals surface area contributed by atoms with Gasteiger partial charge in [0, 0.05) is 25.6 Å². The summed E-state index contributed by atoms with van der Waals surface area (Å²) in [5.74, 6) is 0.486. The highest BCUT2D eigenvalue weighted by molar-refractivity contribution is 7.12. The molecule has 2 atom stereocenters. The third-order valence-corrected chi connectivity index (χ3v) is 6.50. The lowest BCUT2D eigenvalue weighted by Gasteiger charge is -2.36. The average molecular weight is 422 g/mol. The molecule has 2 rings (SSSR count). The van der Waals surface area contributed by atoms with Gasteiger partial charge in [0.1, 0.15) is 6.04 Å². The third-order valence-electron chi connectivity index (χ3n) is 5.63. The van der Waals surface area contributed by atoms with E-state index in [9.17, 15) is 14.4 Å². The first-order valence-corrected chi connectivity index (χ1v) is 11.5. The number of rotatable bonds is 8. The summed E-state index contributed by atoms with van der Waals surface area (Å²) in [6, 6.07) is 3.03. The number of likely N-dealkylation sites (tertiary alicyclic amines) is 1. The SMILES string of the molecule is CC(C)CC(=O)N1CCC([C@@H](NC(=O)c2cccs2)C(=O)N[C@H](C)C(C)C)CC1. The Kier molecular flexibility index (Phi) is 8.68. The van der Waals surface area contributed by atoms with E-state index in [1.807, 2.05) is 37.1 Å². The van der Waals surface area contributed by atoms with Gasteiger partial charge < -0.3 is 15.5 Å². The van der Waals surface area contributed by atoms with E-state index in [4.69, 9.17) is 0 Å². The average Bonchev–Trinajstić information content (AvgIpc) is 3.20. The van der Waals surface area contributed by atoms with Crippen molar-refractivity contribution in [2.45, 2.75) is 66.0 Å². The summed E-state index contributed by atoms with van der Waals surface area (Å²) >= 11 is 1.36. The molecule has 6 nitrogen and oxygen atoms in total. The van der Waals surface area contributed by atoms with Gasteiger partial charge in [-0.25, -0.2) is 0 Å². The van der Waals surface area contributed by atoms with Gasteiger partial charge in [-0.2, -0.15) is 0 Å². The lowest BCUT2D eigenvalue weighted by molar-refractivity contribution is -0.133. The Hall–Kier alpha value is -1.89. The molecule has 29 heavy (non-hydrogen) atoms. The van der Waals surface area contributed by atoms with Gasteiger partial charge in [-0.1, -0.05) is 33.8 Å². The summed E-state index contributed by atoms with van der Waals surface area (Å²) in [5.41, 5.74) is 0. The van der Waals surface area contributed by atoms with Crippen LogP contribution in [-0.2, 0) is 9.59 Å². The van der Waals surface area contributed by atoms with E-state index >= 15 is 0 Å². The van der Waals surface area contributed by atoms with Crippen LogP contribution in [0.15, 0.2) is 17.5 Å². The van der Waals surface area contributed by atoms with Gasteiger partial charge in [-0.3, -0.25) is 14.4 Å². The molecule has 0 bridgehead atoms. The fraction of sp³-hybridized carbons (Fsp3) is 0.682. The molecule has 1 aliphatic heterocycles. The van der Waals surface area contributed by atoms with Crippen LogP contribution in [0.4, 0.5) is 0 Å². The minimum atomic E-state index is -0.590. The van der Waals surface area contributed by atoms with Gasteiger partial charge in [-0.15, -0.1) is 11.3 Å². The maximum absolute atomic E-state index is 13.0. The summed E-state index contributed by atoms with van der Waals surface area (Å²) in [6.07, 6.45) is 1.97. The zero-order chi connectivity index (χ0) is 21.6. The summed E-state index contributed by atoms with van der Waals surface area (Å²) in [6.45, 7) is 11.4. The lowest BCUT2D eigenvalue weighted by atomic mass is 9.88. The summed E-state index contributed by atoms with van der Waals surface area (Å²) in [4.78, 5) is 40.5. The Bertz CT molecular complexity index is 679. The van der Waals surface area contributed by atoms with Gasteiger partial charge in [0.15, 0.2) is 0 Å². The first kappa shape index (κ1) is 23.4. The number of carbonyl (C=O) groups is 3. The summed E-state index contributed by atoms with van der Waals surface area (Å²) < 4.78 is 0. The van der Waals surface area contributed by atoms with Gasteiger partial charge in [0.25, 0.3) is 5.91 Å². The van der Waals surface area contributed by atoms with Gasteiger partial charge in [0.05, 0.1) is 4.88 Å². The van der Waals surface area contributed by atoms with E-state index in [-0.39, 0.29) is 29.7 Å². The van der Waals surface area contributed by atoms with Crippen LogP contribution >= 0.6 is 11.3 Å². The van der Waals surface area contributed by atoms with Crippen molar-refractivity contribution >= 4 is 29.1 Å². The summed E-state index contributed by atoms with van der Waals surface area (Å²) in [5, 5.41) is 7.87. The van der Waals surface area contributed by atoms with Crippen LogP contribution in [0, 0.1) is 17.8 Å². The van der Waals surface area contributed by atoms with Gasteiger partial charge in [-0.05, 0) is 49.0 Å². The number of nitrogens with one attached hydrogen (secondary N) is 2. The molecule has 0 unspecified atom stereocenters. The van der Waals surface area contributed by atoms with E-state index in [1.165, 1.54) is 11.3 Å². The van der Waals surface area contributed by atoms with Crippen molar-refractivity contribution in [2.24, 2.45) is 17.8 Å². The number of carbonyl (C=O) groups excluding carboxylic acids is 3. The first-order chi connectivity index (χ1) is 13.7. The second-order valence-electron chi connectivity index (χ2n) is 8.79. The van der Waals surface area contributed by atoms with Crippen LogP contribution in [0.2, 0.25) is 0 Å².